The van der Waals surface area contributed by atoms with Gasteiger partial charge in [-0.1, -0.05) is 0 Å². The molecule has 96 valence electrons. The normalized spacial score (nSPS) is 26.2. The second kappa shape index (κ2) is 5.50. The maximum atomic E-state index is 11.4. The molecule has 16 heavy (non-hydrogen) atoms. The zero-order valence-electron chi connectivity index (χ0n) is 10.2. The van der Waals surface area contributed by atoms with Crippen LogP contribution in [0, 0.1) is 0 Å². The van der Waals surface area contributed by atoms with E-state index < -0.39 is 11.7 Å². The van der Waals surface area contributed by atoms with Gasteiger partial charge >= 0.3 is 6.09 Å². The molecule has 0 bridgehead atoms. The first-order valence-corrected chi connectivity index (χ1v) is 5.62. The van der Waals surface area contributed by atoms with E-state index in [2.05, 4.69) is 5.32 Å². The molecule has 5 nitrogen and oxygen atoms in total. The van der Waals surface area contributed by atoms with Gasteiger partial charge in [-0.2, -0.15) is 0 Å². The van der Waals surface area contributed by atoms with Crippen molar-refractivity contribution in [1.29, 1.82) is 0 Å². The summed E-state index contributed by atoms with van der Waals surface area (Å²) in [4.78, 5) is 11.4. The van der Waals surface area contributed by atoms with Crippen LogP contribution in [0.25, 0.3) is 0 Å². The van der Waals surface area contributed by atoms with Crippen LogP contribution < -0.4 is 5.32 Å². The third-order valence-corrected chi connectivity index (χ3v) is 2.29. The van der Waals surface area contributed by atoms with Crippen molar-refractivity contribution < 1.29 is 20.8 Å². The van der Waals surface area contributed by atoms with Crippen LogP contribution in [0.1, 0.15) is 35.0 Å². The summed E-state index contributed by atoms with van der Waals surface area (Å²) in [5.41, 5.74) is -0.479. The molecule has 1 heterocycles. The molecule has 1 rings (SSSR count). The van der Waals surface area contributed by atoms with Gasteiger partial charge in [-0.3, -0.25) is 0 Å². The number of aliphatic hydroxyl groups excluding tert-OH is 1. The van der Waals surface area contributed by atoms with E-state index in [4.69, 9.17) is 14.6 Å². The smallest absolute Gasteiger partial charge is 0.407 e. The number of hydrogen-bond donors (Lipinski definition) is 2. The number of rotatable bonds is 2. The molecular weight excluding hydrogens is 210 g/mol. The van der Waals surface area contributed by atoms with Crippen molar-refractivity contribution in [3.05, 3.63) is 0 Å². The Bertz CT molecular complexity index is 234. The Kier molecular flexibility index (Phi) is 4.56. The molecule has 2 unspecified atom stereocenters. The van der Waals surface area contributed by atoms with Gasteiger partial charge in [0.05, 0.1) is 25.4 Å². The van der Waals surface area contributed by atoms with Gasteiger partial charge in [0, 0.05) is 1.43 Å². The predicted octanol–water partition coefficient (Wildman–Crippen LogP) is 1.30. The van der Waals surface area contributed by atoms with E-state index in [0.29, 0.717) is 6.61 Å². The van der Waals surface area contributed by atoms with Gasteiger partial charge in [0.2, 0.25) is 0 Å². The van der Waals surface area contributed by atoms with Gasteiger partial charge in [0.25, 0.3) is 0 Å². The van der Waals surface area contributed by atoms with Crippen LogP contribution in [0.3, 0.4) is 0 Å². The number of carbonyl (C=O) groups excluding carboxylic acids is 1. The molecule has 0 spiro atoms. The molecule has 1 aliphatic heterocycles. The van der Waals surface area contributed by atoms with E-state index in [1.165, 1.54) is 0 Å². The Morgan fingerprint density at radius 3 is 2.69 bits per heavy atom. The quantitative estimate of drug-likeness (QED) is 0.754. The highest BCUT2D eigenvalue weighted by atomic mass is 16.6. The van der Waals surface area contributed by atoms with Crippen LogP contribution in [0.5, 0.6) is 0 Å². The topological polar surface area (TPSA) is 67.8 Å². The van der Waals surface area contributed by atoms with Crippen molar-refractivity contribution in [2.24, 2.45) is 0 Å². The molecule has 1 aliphatic rings. The number of alkyl carbamates (subject to hydrolysis) is 1. The molecule has 0 aromatic heterocycles. The summed E-state index contributed by atoms with van der Waals surface area (Å²) in [7, 11) is 0. The van der Waals surface area contributed by atoms with Gasteiger partial charge in [0.15, 0.2) is 0 Å². The zero-order chi connectivity index (χ0) is 12.2. The molecule has 1 fully saturated rings. The Morgan fingerprint density at radius 2 is 2.25 bits per heavy atom. The van der Waals surface area contributed by atoms with Gasteiger partial charge in [-0.05, 0) is 33.6 Å². The number of nitrogens with one attached hydrogen (secondary N) is 1. The number of hydrogen-bond acceptors (Lipinski definition) is 4. The first kappa shape index (κ1) is 13.3. The lowest BCUT2D eigenvalue weighted by Crippen LogP contribution is -2.45. The molecule has 2 N–H and O–H groups in total. The summed E-state index contributed by atoms with van der Waals surface area (Å²) in [5.74, 6) is 0. The summed E-state index contributed by atoms with van der Waals surface area (Å²) in [6.45, 7) is 5.95. The monoisotopic (exact) mass is 233 g/mol. The van der Waals surface area contributed by atoms with Crippen molar-refractivity contribution in [3.8, 4) is 0 Å². The van der Waals surface area contributed by atoms with Crippen molar-refractivity contribution in [1.82, 2.24) is 5.32 Å². The molecular formula is C11H23NO4. The highest BCUT2D eigenvalue weighted by Gasteiger charge is 2.24. The van der Waals surface area contributed by atoms with Gasteiger partial charge < -0.3 is 19.9 Å². The third kappa shape index (κ3) is 4.81. The fourth-order valence-electron chi connectivity index (χ4n) is 1.54. The van der Waals surface area contributed by atoms with Gasteiger partial charge in [-0.25, -0.2) is 4.79 Å². The molecule has 1 saturated heterocycles. The number of aliphatic hydroxyl groups is 1. The Morgan fingerprint density at radius 1 is 1.56 bits per heavy atom. The Labute approximate surface area is 97.6 Å². The molecule has 0 aromatic rings. The largest absolute Gasteiger partial charge is 0.444 e. The molecule has 0 aliphatic carbocycles. The second-order valence-electron chi connectivity index (χ2n) is 5.06. The third-order valence-electron chi connectivity index (χ3n) is 2.29. The Balaban J connectivity index is 0.00000256. The molecule has 0 aromatic carbocycles. The summed E-state index contributed by atoms with van der Waals surface area (Å²) in [6, 6.07) is -0.0161. The molecule has 0 radical (unpaired) electrons. The molecule has 5 heteroatoms. The molecule has 0 saturated carbocycles. The highest BCUT2D eigenvalue weighted by Crippen LogP contribution is 2.14. The second-order valence-corrected chi connectivity index (χ2v) is 5.06. The molecule has 1 amide bonds. The lowest BCUT2D eigenvalue weighted by atomic mass is 10.1. The maximum Gasteiger partial charge on any atom is 0.407 e. The summed E-state index contributed by atoms with van der Waals surface area (Å²) >= 11 is 0. The van der Waals surface area contributed by atoms with Crippen LogP contribution in [0.2, 0.25) is 0 Å². The van der Waals surface area contributed by atoms with Crippen molar-refractivity contribution in [3.63, 3.8) is 0 Å². The number of ether oxygens (including phenoxy) is 2. The first-order chi connectivity index (χ1) is 7.40. The van der Waals surface area contributed by atoms with Crippen molar-refractivity contribution in [2.75, 3.05) is 13.2 Å². The minimum Gasteiger partial charge on any atom is -0.444 e. The Hall–Kier alpha value is -0.810. The zero-order valence-corrected chi connectivity index (χ0v) is 10.2. The minimum atomic E-state index is -0.479. The fourth-order valence-corrected chi connectivity index (χ4v) is 1.54. The van der Waals surface area contributed by atoms with Crippen molar-refractivity contribution in [2.45, 2.75) is 51.4 Å². The van der Waals surface area contributed by atoms with Crippen LogP contribution in [0.4, 0.5) is 4.79 Å². The first-order valence-electron chi connectivity index (χ1n) is 5.62. The fraction of sp³-hybridized carbons (Fsp3) is 0.909. The predicted molar refractivity (Wildman–Crippen MR) is 61.3 cm³/mol. The summed E-state index contributed by atoms with van der Waals surface area (Å²) in [6.07, 6.45) is 1.07. The minimum absolute atomic E-state index is 0. The van der Waals surface area contributed by atoms with E-state index in [-0.39, 0.29) is 20.2 Å². The van der Waals surface area contributed by atoms with Crippen LogP contribution in [-0.2, 0) is 9.47 Å². The number of carbonyl (C=O) groups is 1. The van der Waals surface area contributed by atoms with Crippen LogP contribution in [0.15, 0.2) is 0 Å². The van der Waals surface area contributed by atoms with Crippen molar-refractivity contribution >= 4 is 6.09 Å². The van der Waals surface area contributed by atoms with Gasteiger partial charge in [0.1, 0.15) is 5.60 Å². The van der Waals surface area contributed by atoms with Gasteiger partial charge in [-0.15, -0.1) is 0 Å². The van der Waals surface area contributed by atoms with E-state index >= 15 is 0 Å². The standard InChI is InChI=1S/C11H21NO4.H2/c1-11(2,3)16-10(14)12-8-4-5-9(6-13)15-7-8;/h8-9,13H,4-7H2,1-3H3,(H,12,14);1H. The average molecular weight is 233 g/mol. The summed E-state index contributed by atoms with van der Waals surface area (Å²) < 4.78 is 10.5. The lowest BCUT2D eigenvalue weighted by molar-refractivity contribution is -0.0336. The lowest BCUT2D eigenvalue weighted by Gasteiger charge is -2.29. The van der Waals surface area contributed by atoms with E-state index in [1.54, 1.807) is 0 Å². The average Bonchev–Trinajstić information content (AvgIpc) is 2.16. The molecule has 2 atom stereocenters. The van der Waals surface area contributed by atoms with E-state index in [0.717, 1.165) is 12.8 Å². The number of amides is 1. The maximum absolute atomic E-state index is 11.4. The highest BCUT2D eigenvalue weighted by molar-refractivity contribution is 5.68. The SMILES string of the molecule is CC(C)(C)OC(=O)NC1CCC(CO)OC1.[HH]. The van der Waals surface area contributed by atoms with E-state index in [1.807, 2.05) is 20.8 Å². The van der Waals surface area contributed by atoms with Crippen LogP contribution in [-0.4, -0.2) is 42.2 Å². The van der Waals surface area contributed by atoms with Crippen LogP contribution >= 0.6 is 0 Å². The summed E-state index contributed by atoms with van der Waals surface area (Å²) in [5, 5.41) is 11.6. The van der Waals surface area contributed by atoms with E-state index in [9.17, 15) is 4.79 Å².